The summed E-state index contributed by atoms with van der Waals surface area (Å²) < 4.78 is 0. The predicted octanol–water partition coefficient (Wildman–Crippen LogP) is 3.25. The first-order chi connectivity index (χ1) is 9.38. The second-order valence-corrected chi connectivity index (χ2v) is 4.01. The number of nitriles is 1. The quantitative estimate of drug-likeness (QED) is 0.754. The molecule has 2 aromatic heterocycles. The molecule has 0 aliphatic heterocycles. The summed E-state index contributed by atoms with van der Waals surface area (Å²) in [7, 11) is 0. The lowest BCUT2D eigenvalue weighted by atomic mass is 10.1. The Hall–Kier alpha value is -2.93. The Kier molecular flexibility index (Phi) is 2.79. The molecule has 0 fully saturated rings. The van der Waals surface area contributed by atoms with Gasteiger partial charge in [0.2, 0.25) is 0 Å². The van der Waals surface area contributed by atoms with Crippen molar-refractivity contribution in [2.24, 2.45) is 0 Å². The Bertz CT molecular complexity index is 769. The van der Waals surface area contributed by atoms with Crippen molar-refractivity contribution in [3.8, 4) is 6.07 Å². The zero-order valence-corrected chi connectivity index (χ0v) is 10.0. The van der Waals surface area contributed by atoms with E-state index in [1.165, 1.54) is 0 Å². The Morgan fingerprint density at radius 3 is 2.68 bits per heavy atom. The van der Waals surface area contributed by atoms with Crippen LogP contribution in [0.15, 0.2) is 54.9 Å². The number of hydrogen-bond donors (Lipinski definition) is 1. The molecule has 3 aromatic rings. The van der Waals surface area contributed by atoms with Gasteiger partial charge in [-0.05, 0) is 36.4 Å². The number of aromatic nitrogens is 2. The maximum atomic E-state index is 9.07. The predicted molar refractivity (Wildman–Crippen MR) is 74.0 cm³/mol. The van der Waals surface area contributed by atoms with Crippen LogP contribution in [-0.4, -0.2) is 9.97 Å². The third-order valence-corrected chi connectivity index (χ3v) is 2.83. The van der Waals surface area contributed by atoms with Crippen LogP contribution >= 0.6 is 0 Å². The van der Waals surface area contributed by atoms with Gasteiger partial charge in [-0.25, -0.2) is 4.98 Å². The van der Waals surface area contributed by atoms with Crippen molar-refractivity contribution >= 4 is 22.4 Å². The van der Waals surface area contributed by atoms with E-state index in [0.717, 1.165) is 16.6 Å². The van der Waals surface area contributed by atoms with Gasteiger partial charge in [0, 0.05) is 23.5 Å². The van der Waals surface area contributed by atoms with Gasteiger partial charge >= 0.3 is 0 Å². The lowest BCUT2D eigenvalue weighted by molar-refractivity contribution is 1.29. The summed E-state index contributed by atoms with van der Waals surface area (Å²) in [6.45, 7) is 0. The van der Waals surface area contributed by atoms with Gasteiger partial charge in [0.1, 0.15) is 11.9 Å². The average Bonchev–Trinajstić information content (AvgIpc) is 2.48. The Labute approximate surface area is 110 Å². The third kappa shape index (κ3) is 2.09. The molecule has 0 saturated heterocycles. The smallest absolute Gasteiger partial charge is 0.148 e. The molecule has 90 valence electrons. The molecule has 2 heterocycles. The molecule has 0 unspecified atom stereocenters. The third-order valence-electron chi connectivity index (χ3n) is 2.83. The standard InChI is InChI=1S/C15H10N4/c16-10-11-4-2-9-18-15(11)19-14-7-1-6-13-12(14)5-3-8-17-13/h1-9H,(H,18,19). The molecule has 0 bridgehead atoms. The molecule has 0 aliphatic carbocycles. The molecule has 1 aromatic carbocycles. The molecule has 4 heteroatoms. The number of rotatable bonds is 2. The van der Waals surface area contributed by atoms with Gasteiger partial charge < -0.3 is 5.32 Å². The molecule has 19 heavy (non-hydrogen) atoms. The first-order valence-electron chi connectivity index (χ1n) is 5.84. The molecule has 3 rings (SSSR count). The Morgan fingerprint density at radius 2 is 1.79 bits per heavy atom. The molecule has 0 atom stereocenters. The Morgan fingerprint density at radius 1 is 0.947 bits per heavy atom. The van der Waals surface area contributed by atoms with Crippen molar-refractivity contribution in [2.75, 3.05) is 5.32 Å². The minimum absolute atomic E-state index is 0.517. The maximum Gasteiger partial charge on any atom is 0.148 e. The molecular formula is C15H10N4. The minimum atomic E-state index is 0.517. The normalized spacial score (nSPS) is 10.1. The first-order valence-corrected chi connectivity index (χ1v) is 5.84. The van der Waals surface area contributed by atoms with Crippen LogP contribution in [0.1, 0.15) is 5.56 Å². The van der Waals surface area contributed by atoms with E-state index >= 15 is 0 Å². The lowest BCUT2D eigenvalue weighted by Gasteiger charge is -2.09. The van der Waals surface area contributed by atoms with Crippen LogP contribution in [-0.2, 0) is 0 Å². The van der Waals surface area contributed by atoms with Crippen molar-refractivity contribution < 1.29 is 0 Å². The maximum absolute atomic E-state index is 9.07. The number of nitrogens with zero attached hydrogens (tertiary/aromatic N) is 3. The van der Waals surface area contributed by atoms with Crippen LogP contribution < -0.4 is 5.32 Å². The summed E-state index contributed by atoms with van der Waals surface area (Å²) in [4.78, 5) is 8.50. The van der Waals surface area contributed by atoms with E-state index in [1.807, 2.05) is 30.3 Å². The van der Waals surface area contributed by atoms with E-state index in [-0.39, 0.29) is 0 Å². The molecule has 0 radical (unpaired) electrons. The highest BCUT2D eigenvalue weighted by atomic mass is 15.0. The van der Waals surface area contributed by atoms with E-state index in [0.29, 0.717) is 11.4 Å². The number of pyridine rings is 2. The summed E-state index contributed by atoms with van der Waals surface area (Å²) >= 11 is 0. The van der Waals surface area contributed by atoms with Crippen LogP contribution in [0.2, 0.25) is 0 Å². The molecule has 0 saturated carbocycles. The van der Waals surface area contributed by atoms with Gasteiger partial charge in [-0.3, -0.25) is 4.98 Å². The molecule has 4 nitrogen and oxygen atoms in total. The van der Waals surface area contributed by atoms with Crippen molar-refractivity contribution in [1.29, 1.82) is 5.26 Å². The number of fused-ring (bicyclic) bond motifs is 1. The fourth-order valence-corrected chi connectivity index (χ4v) is 1.94. The highest BCUT2D eigenvalue weighted by Crippen LogP contribution is 2.25. The van der Waals surface area contributed by atoms with Crippen LogP contribution in [0.5, 0.6) is 0 Å². The van der Waals surface area contributed by atoms with Gasteiger partial charge in [0.05, 0.1) is 11.1 Å². The topological polar surface area (TPSA) is 61.6 Å². The van der Waals surface area contributed by atoms with Crippen LogP contribution in [0, 0.1) is 11.3 Å². The fourth-order valence-electron chi connectivity index (χ4n) is 1.94. The van der Waals surface area contributed by atoms with Crippen LogP contribution in [0.3, 0.4) is 0 Å². The zero-order valence-electron chi connectivity index (χ0n) is 10.0. The number of nitrogens with one attached hydrogen (secondary N) is 1. The summed E-state index contributed by atoms with van der Waals surface area (Å²) in [5.41, 5.74) is 2.31. The molecule has 0 aliphatic rings. The van der Waals surface area contributed by atoms with Gasteiger partial charge in [0.25, 0.3) is 0 Å². The van der Waals surface area contributed by atoms with Crippen LogP contribution in [0.25, 0.3) is 10.9 Å². The summed E-state index contributed by atoms with van der Waals surface area (Å²) in [5, 5.41) is 13.3. The highest BCUT2D eigenvalue weighted by molar-refractivity contribution is 5.92. The lowest BCUT2D eigenvalue weighted by Crippen LogP contribution is -1.97. The first kappa shape index (κ1) is 11.2. The van der Waals surface area contributed by atoms with Crippen molar-refractivity contribution in [1.82, 2.24) is 9.97 Å². The summed E-state index contributed by atoms with van der Waals surface area (Å²) in [6.07, 6.45) is 3.42. The number of anilines is 2. The fraction of sp³-hybridized carbons (Fsp3) is 0. The van der Waals surface area contributed by atoms with Gasteiger partial charge in [-0.1, -0.05) is 6.07 Å². The van der Waals surface area contributed by atoms with Crippen molar-refractivity contribution in [3.05, 3.63) is 60.4 Å². The molecule has 1 N–H and O–H groups in total. The summed E-state index contributed by atoms with van der Waals surface area (Å²) in [6, 6.07) is 15.3. The SMILES string of the molecule is N#Cc1cccnc1Nc1cccc2ncccc12. The molecule has 0 spiro atoms. The second kappa shape index (κ2) is 4.75. The monoisotopic (exact) mass is 246 g/mol. The van der Waals surface area contributed by atoms with Crippen molar-refractivity contribution in [3.63, 3.8) is 0 Å². The number of benzene rings is 1. The van der Waals surface area contributed by atoms with Gasteiger partial charge in [-0.15, -0.1) is 0 Å². The highest BCUT2D eigenvalue weighted by Gasteiger charge is 2.05. The largest absolute Gasteiger partial charge is 0.339 e. The van der Waals surface area contributed by atoms with Gasteiger partial charge in [-0.2, -0.15) is 5.26 Å². The zero-order chi connectivity index (χ0) is 13.1. The Balaban J connectivity index is 2.09. The van der Waals surface area contributed by atoms with E-state index in [9.17, 15) is 0 Å². The minimum Gasteiger partial charge on any atom is -0.339 e. The summed E-state index contributed by atoms with van der Waals surface area (Å²) in [5.74, 6) is 0.557. The number of hydrogen-bond acceptors (Lipinski definition) is 4. The van der Waals surface area contributed by atoms with E-state index in [2.05, 4.69) is 21.4 Å². The van der Waals surface area contributed by atoms with E-state index < -0.39 is 0 Å². The second-order valence-electron chi connectivity index (χ2n) is 4.01. The molecular weight excluding hydrogens is 236 g/mol. The van der Waals surface area contributed by atoms with Crippen molar-refractivity contribution in [2.45, 2.75) is 0 Å². The molecule has 0 amide bonds. The van der Waals surface area contributed by atoms with Gasteiger partial charge in [0.15, 0.2) is 0 Å². The van der Waals surface area contributed by atoms with E-state index in [1.54, 1.807) is 24.5 Å². The van der Waals surface area contributed by atoms with E-state index in [4.69, 9.17) is 5.26 Å². The van der Waals surface area contributed by atoms with Crippen LogP contribution in [0.4, 0.5) is 11.5 Å². The average molecular weight is 246 g/mol.